The predicted octanol–water partition coefficient (Wildman–Crippen LogP) is 2.98. The summed E-state index contributed by atoms with van der Waals surface area (Å²) in [6.45, 7) is 0.211. The van der Waals surface area contributed by atoms with Gasteiger partial charge in [0.1, 0.15) is 17.9 Å². The lowest BCUT2D eigenvalue weighted by Crippen LogP contribution is -2.12. The average Bonchev–Trinajstić information content (AvgIpc) is 2.60. The molecule has 6 heteroatoms. The van der Waals surface area contributed by atoms with Gasteiger partial charge in [-0.3, -0.25) is 0 Å². The number of esters is 1. The zero-order valence-corrected chi connectivity index (χ0v) is 10.1. The number of hydrogen-bond donors (Lipinski definition) is 0. The maximum Gasteiger partial charge on any atom is 0.416 e. The van der Waals surface area contributed by atoms with Crippen LogP contribution in [0.5, 0.6) is 5.75 Å². The van der Waals surface area contributed by atoms with Gasteiger partial charge in [0.2, 0.25) is 0 Å². The topological polar surface area (TPSA) is 35.5 Å². The van der Waals surface area contributed by atoms with Gasteiger partial charge in [-0.25, -0.2) is 4.79 Å². The molecule has 102 valence electrons. The van der Waals surface area contributed by atoms with Crippen LogP contribution in [-0.4, -0.2) is 19.7 Å². The summed E-state index contributed by atoms with van der Waals surface area (Å²) < 4.78 is 48.2. The molecular formula is C13H11F3O3. The Balaban J connectivity index is 2.61. The van der Waals surface area contributed by atoms with Crippen molar-refractivity contribution in [1.29, 1.82) is 0 Å². The van der Waals surface area contributed by atoms with E-state index in [0.29, 0.717) is 5.56 Å². The quantitative estimate of drug-likeness (QED) is 0.582. The third-order valence-corrected chi connectivity index (χ3v) is 2.73. The van der Waals surface area contributed by atoms with Crippen LogP contribution < -0.4 is 4.74 Å². The molecule has 1 aliphatic rings. The number of rotatable bonds is 1. The van der Waals surface area contributed by atoms with Crippen molar-refractivity contribution in [3.05, 3.63) is 41.0 Å². The van der Waals surface area contributed by atoms with Crippen molar-refractivity contribution in [2.45, 2.75) is 12.6 Å². The maximum absolute atomic E-state index is 12.8. The van der Waals surface area contributed by atoms with Crippen molar-refractivity contribution in [3.8, 4) is 5.75 Å². The van der Waals surface area contributed by atoms with E-state index < -0.39 is 17.7 Å². The smallest absolute Gasteiger partial charge is 0.416 e. The van der Waals surface area contributed by atoms with Gasteiger partial charge in [0.05, 0.1) is 12.7 Å². The lowest BCUT2D eigenvalue weighted by atomic mass is 10.0. The standard InChI is InChI=1S/C13H11F3O3/c1-18-12(17)10-7-9(13(14,15)16)6-8-4-2-3-5-19-11(8)10/h2-3,6-7H,4-5H2,1H3. The first-order valence-corrected chi connectivity index (χ1v) is 5.53. The van der Waals surface area contributed by atoms with Gasteiger partial charge in [0, 0.05) is 0 Å². The van der Waals surface area contributed by atoms with Crippen molar-refractivity contribution in [3.63, 3.8) is 0 Å². The average molecular weight is 272 g/mol. The first kappa shape index (κ1) is 13.5. The highest BCUT2D eigenvalue weighted by Gasteiger charge is 2.33. The summed E-state index contributed by atoms with van der Waals surface area (Å²) in [6, 6.07) is 1.76. The van der Waals surface area contributed by atoms with Gasteiger partial charge in [0.25, 0.3) is 0 Å². The molecule has 0 saturated heterocycles. The number of fused-ring (bicyclic) bond motifs is 1. The minimum atomic E-state index is -4.52. The number of methoxy groups -OCH3 is 1. The molecule has 2 rings (SSSR count). The summed E-state index contributed by atoms with van der Waals surface area (Å²) in [5.41, 5.74) is -0.759. The molecule has 3 nitrogen and oxygen atoms in total. The maximum atomic E-state index is 12.8. The van der Waals surface area contributed by atoms with Crippen LogP contribution in [-0.2, 0) is 17.3 Å². The summed E-state index contributed by atoms with van der Waals surface area (Å²) in [4.78, 5) is 11.6. The van der Waals surface area contributed by atoms with Crippen LogP contribution in [0.15, 0.2) is 24.3 Å². The molecule has 1 aromatic carbocycles. The van der Waals surface area contributed by atoms with E-state index in [0.717, 1.165) is 19.2 Å². The van der Waals surface area contributed by atoms with Gasteiger partial charge in [0.15, 0.2) is 0 Å². The molecule has 0 fully saturated rings. The largest absolute Gasteiger partial charge is 0.488 e. The molecule has 0 radical (unpaired) electrons. The van der Waals surface area contributed by atoms with E-state index in [9.17, 15) is 18.0 Å². The molecule has 0 bridgehead atoms. The van der Waals surface area contributed by atoms with Crippen molar-refractivity contribution in [1.82, 2.24) is 0 Å². The summed E-state index contributed by atoms with van der Waals surface area (Å²) in [5.74, 6) is -0.686. The summed E-state index contributed by atoms with van der Waals surface area (Å²) >= 11 is 0. The zero-order chi connectivity index (χ0) is 14.0. The Kier molecular flexibility index (Phi) is 3.50. The summed E-state index contributed by atoms with van der Waals surface area (Å²) in [5, 5.41) is 0. The van der Waals surface area contributed by atoms with Crippen molar-refractivity contribution >= 4 is 5.97 Å². The molecule has 0 aliphatic carbocycles. The Morgan fingerprint density at radius 1 is 1.32 bits per heavy atom. The molecule has 1 heterocycles. The normalized spacial score (nSPS) is 14.3. The fourth-order valence-electron chi connectivity index (χ4n) is 1.85. The minimum Gasteiger partial charge on any atom is -0.488 e. The van der Waals surface area contributed by atoms with Crippen LogP contribution in [0.25, 0.3) is 0 Å². The molecule has 0 N–H and O–H groups in total. The van der Waals surface area contributed by atoms with E-state index in [1.807, 2.05) is 0 Å². The highest BCUT2D eigenvalue weighted by Crippen LogP contribution is 2.36. The van der Waals surface area contributed by atoms with Gasteiger partial charge in [-0.1, -0.05) is 12.2 Å². The second kappa shape index (κ2) is 4.95. The van der Waals surface area contributed by atoms with Crippen LogP contribution >= 0.6 is 0 Å². The van der Waals surface area contributed by atoms with E-state index in [4.69, 9.17) is 4.74 Å². The SMILES string of the molecule is COC(=O)c1cc(C(F)(F)F)cc2c1OCC=CC2. The molecule has 0 aromatic heterocycles. The summed E-state index contributed by atoms with van der Waals surface area (Å²) in [6.07, 6.45) is -0.849. The minimum absolute atomic E-state index is 0.157. The molecule has 0 saturated carbocycles. The molecule has 1 aliphatic heterocycles. The molecule has 0 unspecified atom stereocenters. The fraction of sp³-hybridized carbons (Fsp3) is 0.308. The Morgan fingerprint density at radius 3 is 2.68 bits per heavy atom. The molecule has 0 atom stereocenters. The number of carbonyl (C=O) groups is 1. The van der Waals surface area contributed by atoms with Crippen molar-refractivity contribution in [2.75, 3.05) is 13.7 Å². The lowest BCUT2D eigenvalue weighted by molar-refractivity contribution is -0.137. The van der Waals surface area contributed by atoms with Gasteiger partial charge in [-0.2, -0.15) is 13.2 Å². The lowest BCUT2D eigenvalue weighted by Gasteiger charge is -2.15. The fourth-order valence-corrected chi connectivity index (χ4v) is 1.85. The number of alkyl halides is 3. The highest BCUT2D eigenvalue weighted by molar-refractivity contribution is 5.93. The number of benzene rings is 1. The van der Waals surface area contributed by atoms with Crippen molar-refractivity contribution < 1.29 is 27.4 Å². The molecule has 0 spiro atoms. The summed E-state index contributed by atoms with van der Waals surface area (Å²) in [7, 11) is 1.12. The Hall–Kier alpha value is -1.98. The second-order valence-corrected chi connectivity index (χ2v) is 3.99. The highest BCUT2D eigenvalue weighted by atomic mass is 19.4. The number of ether oxygens (including phenoxy) is 2. The van der Waals surface area contributed by atoms with Gasteiger partial charge >= 0.3 is 12.1 Å². The van der Waals surface area contributed by atoms with E-state index in [-0.39, 0.29) is 24.3 Å². The Morgan fingerprint density at radius 2 is 2.05 bits per heavy atom. The Bertz CT molecular complexity index is 533. The van der Waals surface area contributed by atoms with Gasteiger partial charge in [-0.15, -0.1) is 0 Å². The first-order valence-electron chi connectivity index (χ1n) is 5.53. The first-order chi connectivity index (χ1) is 8.93. The Labute approximate surface area is 107 Å². The number of allylic oxidation sites excluding steroid dienone is 1. The molecule has 0 amide bonds. The number of halogens is 3. The monoisotopic (exact) mass is 272 g/mol. The predicted molar refractivity (Wildman–Crippen MR) is 61.1 cm³/mol. The van der Waals surface area contributed by atoms with Crippen LogP contribution in [0.3, 0.4) is 0 Å². The molecular weight excluding hydrogens is 261 g/mol. The zero-order valence-electron chi connectivity index (χ0n) is 10.1. The van der Waals surface area contributed by atoms with E-state index >= 15 is 0 Å². The van der Waals surface area contributed by atoms with Crippen molar-refractivity contribution in [2.24, 2.45) is 0 Å². The van der Waals surface area contributed by atoms with Gasteiger partial charge in [-0.05, 0) is 24.1 Å². The van der Waals surface area contributed by atoms with Crippen LogP contribution in [0, 0.1) is 0 Å². The van der Waals surface area contributed by atoms with E-state index in [1.54, 1.807) is 12.2 Å². The van der Waals surface area contributed by atoms with Gasteiger partial charge < -0.3 is 9.47 Å². The molecule has 19 heavy (non-hydrogen) atoms. The number of hydrogen-bond acceptors (Lipinski definition) is 3. The third-order valence-electron chi connectivity index (χ3n) is 2.73. The number of carbonyl (C=O) groups excluding carboxylic acids is 1. The van der Waals surface area contributed by atoms with Crippen LogP contribution in [0.1, 0.15) is 21.5 Å². The van der Waals surface area contributed by atoms with Crippen LogP contribution in [0.4, 0.5) is 13.2 Å². The van der Waals surface area contributed by atoms with Crippen LogP contribution in [0.2, 0.25) is 0 Å². The van der Waals surface area contributed by atoms with E-state index in [2.05, 4.69) is 4.74 Å². The second-order valence-electron chi connectivity index (χ2n) is 3.99. The third kappa shape index (κ3) is 2.72. The van der Waals surface area contributed by atoms with E-state index in [1.165, 1.54) is 0 Å². The molecule has 1 aromatic rings.